The maximum Gasteiger partial charge on any atom is 0.169 e. The lowest BCUT2D eigenvalue weighted by Gasteiger charge is -2.23. The van der Waals surface area contributed by atoms with Crippen molar-refractivity contribution in [3.05, 3.63) is 0 Å². The number of hydrogen-bond acceptors (Lipinski definition) is 3. The summed E-state index contributed by atoms with van der Waals surface area (Å²) in [5.74, 6) is 0. The standard InChI is InChI=1S/C8H16O3S/c1-8(2,3)12(10)6-4-5-11-7(6)9/h6-7,9H,4-5H2,1-3H3. The van der Waals surface area contributed by atoms with E-state index in [1.54, 1.807) is 0 Å². The van der Waals surface area contributed by atoms with Gasteiger partial charge in [-0.3, -0.25) is 4.21 Å². The fraction of sp³-hybridized carbons (Fsp3) is 1.00. The molecule has 0 aromatic rings. The second-order valence-corrected chi connectivity index (χ2v) is 6.42. The molecule has 0 spiro atoms. The van der Waals surface area contributed by atoms with Gasteiger partial charge in [0.05, 0.1) is 11.9 Å². The van der Waals surface area contributed by atoms with E-state index in [0.29, 0.717) is 13.0 Å². The van der Waals surface area contributed by atoms with Crippen molar-refractivity contribution in [1.82, 2.24) is 0 Å². The Kier molecular flexibility index (Phi) is 2.91. The van der Waals surface area contributed by atoms with E-state index in [4.69, 9.17) is 4.74 Å². The summed E-state index contributed by atoms with van der Waals surface area (Å²) in [6, 6.07) is 0. The van der Waals surface area contributed by atoms with Crippen molar-refractivity contribution >= 4 is 10.8 Å². The van der Waals surface area contributed by atoms with E-state index in [1.807, 2.05) is 20.8 Å². The molecule has 0 aromatic heterocycles. The summed E-state index contributed by atoms with van der Waals surface area (Å²) in [7, 11) is -1.02. The van der Waals surface area contributed by atoms with Crippen LogP contribution in [0.1, 0.15) is 27.2 Å². The highest BCUT2D eigenvalue weighted by Crippen LogP contribution is 2.24. The van der Waals surface area contributed by atoms with Gasteiger partial charge in [0.1, 0.15) is 0 Å². The van der Waals surface area contributed by atoms with Gasteiger partial charge in [-0.25, -0.2) is 0 Å². The van der Waals surface area contributed by atoms with Crippen molar-refractivity contribution in [2.45, 2.75) is 43.5 Å². The van der Waals surface area contributed by atoms with E-state index >= 15 is 0 Å². The first-order chi connectivity index (χ1) is 5.43. The van der Waals surface area contributed by atoms with Crippen LogP contribution in [-0.4, -0.2) is 32.2 Å². The van der Waals surface area contributed by atoms with Crippen LogP contribution in [0.2, 0.25) is 0 Å². The molecule has 3 unspecified atom stereocenters. The van der Waals surface area contributed by atoms with E-state index in [1.165, 1.54) is 0 Å². The van der Waals surface area contributed by atoms with Crippen LogP contribution in [0.5, 0.6) is 0 Å². The number of ether oxygens (including phenoxy) is 1. The molecule has 0 bridgehead atoms. The predicted molar refractivity (Wildman–Crippen MR) is 48.3 cm³/mol. The van der Waals surface area contributed by atoms with Crippen LogP contribution in [0.15, 0.2) is 0 Å². The van der Waals surface area contributed by atoms with E-state index in [0.717, 1.165) is 0 Å². The molecule has 0 amide bonds. The summed E-state index contributed by atoms with van der Waals surface area (Å²) < 4.78 is 16.4. The van der Waals surface area contributed by atoms with Gasteiger partial charge in [0.25, 0.3) is 0 Å². The molecule has 4 heteroatoms. The fourth-order valence-corrected chi connectivity index (χ4v) is 2.73. The molecule has 1 aliphatic heterocycles. The van der Waals surface area contributed by atoms with Crippen LogP contribution in [0.3, 0.4) is 0 Å². The highest BCUT2D eigenvalue weighted by atomic mass is 32.2. The second-order valence-electron chi connectivity index (χ2n) is 4.00. The Bertz CT molecular complexity index is 185. The van der Waals surface area contributed by atoms with E-state index in [2.05, 4.69) is 0 Å². The third-order valence-electron chi connectivity index (χ3n) is 1.89. The van der Waals surface area contributed by atoms with Crippen LogP contribution >= 0.6 is 0 Å². The first-order valence-corrected chi connectivity index (χ1v) is 5.34. The molecule has 0 radical (unpaired) electrons. The maximum absolute atomic E-state index is 11.7. The molecular weight excluding hydrogens is 176 g/mol. The Morgan fingerprint density at radius 3 is 2.42 bits per heavy atom. The predicted octanol–water partition coefficient (Wildman–Crippen LogP) is 0.641. The minimum atomic E-state index is -1.02. The number of rotatable bonds is 1. The lowest BCUT2D eigenvalue weighted by atomic mass is 10.3. The summed E-state index contributed by atoms with van der Waals surface area (Å²) in [6.45, 7) is 6.25. The molecule has 1 N–H and O–H groups in total. The third-order valence-corrected chi connectivity index (χ3v) is 4.11. The number of aliphatic hydroxyl groups excluding tert-OH is 1. The summed E-state index contributed by atoms with van der Waals surface area (Å²) in [6.07, 6.45) is -0.129. The van der Waals surface area contributed by atoms with Crippen LogP contribution in [0, 0.1) is 0 Å². The van der Waals surface area contributed by atoms with Crippen LogP contribution in [0.4, 0.5) is 0 Å². The smallest absolute Gasteiger partial charge is 0.169 e. The van der Waals surface area contributed by atoms with E-state index < -0.39 is 17.1 Å². The molecule has 1 aliphatic rings. The SMILES string of the molecule is CC(C)(C)S(=O)C1CCOC1O. The number of hydrogen-bond donors (Lipinski definition) is 1. The van der Waals surface area contributed by atoms with Gasteiger partial charge in [-0.05, 0) is 27.2 Å². The largest absolute Gasteiger partial charge is 0.367 e. The molecule has 0 saturated carbocycles. The van der Waals surface area contributed by atoms with Crippen molar-refractivity contribution in [2.24, 2.45) is 0 Å². The summed E-state index contributed by atoms with van der Waals surface area (Å²) in [4.78, 5) is 0. The molecule has 0 aliphatic carbocycles. The van der Waals surface area contributed by atoms with Gasteiger partial charge < -0.3 is 9.84 Å². The molecule has 3 atom stereocenters. The fourth-order valence-electron chi connectivity index (χ4n) is 1.22. The first-order valence-electron chi connectivity index (χ1n) is 4.13. The zero-order valence-corrected chi connectivity index (χ0v) is 8.56. The van der Waals surface area contributed by atoms with Gasteiger partial charge in [0.15, 0.2) is 6.29 Å². The second kappa shape index (κ2) is 3.44. The first kappa shape index (κ1) is 10.2. The van der Waals surface area contributed by atoms with Crippen LogP contribution in [-0.2, 0) is 15.5 Å². The Labute approximate surface area is 75.6 Å². The molecular formula is C8H16O3S. The third kappa shape index (κ3) is 2.06. The number of aliphatic hydroxyl groups is 1. The lowest BCUT2D eigenvalue weighted by Crippen LogP contribution is -2.36. The minimum absolute atomic E-state index is 0.204. The zero-order valence-electron chi connectivity index (χ0n) is 7.74. The maximum atomic E-state index is 11.7. The lowest BCUT2D eigenvalue weighted by molar-refractivity contribution is -0.0567. The van der Waals surface area contributed by atoms with Crippen LogP contribution < -0.4 is 0 Å². The van der Waals surface area contributed by atoms with E-state index in [9.17, 15) is 9.32 Å². The quantitative estimate of drug-likeness (QED) is 0.663. The molecule has 72 valence electrons. The molecule has 1 fully saturated rings. The van der Waals surface area contributed by atoms with Gasteiger partial charge in [-0.15, -0.1) is 0 Å². The Morgan fingerprint density at radius 1 is 1.50 bits per heavy atom. The minimum Gasteiger partial charge on any atom is -0.367 e. The van der Waals surface area contributed by atoms with E-state index in [-0.39, 0.29) is 10.00 Å². The molecule has 12 heavy (non-hydrogen) atoms. The monoisotopic (exact) mass is 192 g/mol. The van der Waals surface area contributed by atoms with Gasteiger partial charge in [-0.2, -0.15) is 0 Å². The molecule has 3 nitrogen and oxygen atoms in total. The zero-order chi connectivity index (χ0) is 9.35. The van der Waals surface area contributed by atoms with Crippen molar-refractivity contribution in [2.75, 3.05) is 6.61 Å². The van der Waals surface area contributed by atoms with Gasteiger partial charge in [0.2, 0.25) is 0 Å². The van der Waals surface area contributed by atoms with Crippen LogP contribution in [0.25, 0.3) is 0 Å². The van der Waals surface area contributed by atoms with Gasteiger partial charge >= 0.3 is 0 Å². The average Bonchev–Trinajstić information content (AvgIpc) is 2.31. The Morgan fingerprint density at radius 2 is 2.08 bits per heavy atom. The Hall–Kier alpha value is 0.0700. The van der Waals surface area contributed by atoms with Gasteiger partial charge in [-0.1, -0.05) is 0 Å². The summed E-state index contributed by atoms with van der Waals surface area (Å²) in [5, 5.41) is 9.10. The summed E-state index contributed by atoms with van der Waals surface area (Å²) in [5.41, 5.74) is 0. The molecule has 1 heterocycles. The average molecular weight is 192 g/mol. The molecule has 0 aromatic carbocycles. The molecule has 1 saturated heterocycles. The normalized spacial score (nSPS) is 33.7. The van der Waals surface area contributed by atoms with Crippen molar-refractivity contribution in [3.63, 3.8) is 0 Å². The topological polar surface area (TPSA) is 46.5 Å². The van der Waals surface area contributed by atoms with Crippen molar-refractivity contribution in [1.29, 1.82) is 0 Å². The Balaban J connectivity index is 2.64. The van der Waals surface area contributed by atoms with Crippen molar-refractivity contribution in [3.8, 4) is 0 Å². The highest BCUT2D eigenvalue weighted by molar-refractivity contribution is 7.87. The molecule has 1 rings (SSSR count). The van der Waals surface area contributed by atoms with Gasteiger partial charge in [0, 0.05) is 15.5 Å². The highest BCUT2D eigenvalue weighted by Gasteiger charge is 2.36. The summed E-state index contributed by atoms with van der Waals surface area (Å²) >= 11 is 0. The van der Waals surface area contributed by atoms with Crippen molar-refractivity contribution < 1.29 is 14.1 Å².